The van der Waals surface area contributed by atoms with E-state index in [1.807, 2.05) is 0 Å². The Morgan fingerprint density at radius 3 is 2.88 bits per heavy atom. The monoisotopic (exact) mass is 259 g/mol. The highest BCUT2D eigenvalue weighted by molar-refractivity contribution is 7.11. The Labute approximate surface area is 104 Å². The van der Waals surface area contributed by atoms with Gasteiger partial charge in [0.1, 0.15) is 10.6 Å². The number of hydrogen-bond acceptors (Lipinski definition) is 7. The third-order valence-corrected chi connectivity index (χ3v) is 3.04. The third kappa shape index (κ3) is 3.31. The van der Waals surface area contributed by atoms with Crippen LogP contribution in [-0.2, 0) is 4.74 Å². The molecule has 0 bridgehead atoms. The SMILES string of the molecule is CCOC(=O)c1c(N)nsc1N(C)CC(C)O. The van der Waals surface area contributed by atoms with Gasteiger partial charge < -0.3 is 20.5 Å². The quantitative estimate of drug-likeness (QED) is 0.757. The zero-order valence-electron chi connectivity index (χ0n) is 10.1. The Hall–Kier alpha value is -1.34. The number of esters is 1. The van der Waals surface area contributed by atoms with Gasteiger partial charge in [0.05, 0.1) is 12.7 Å². The first-order chi connectivity index (χ1) is 7.97. The van der Waals surface area contributed by atoms with Crippen molar-refractivity contribution in [1.29, 1.82) is 0 Å². The lowest BCUT2D eigenvalue weighted by atomic mass is 10.3. The molecule has 0 saturated heterocycles. The number of nitrogens with two attached hydrogens (primary N) is 1. The van der Waals surface area contributed by atoms with Crippen LogP contribution in [0.25, 0.3) is 0 Å². The largest absolute Gasteiger partial charge is 0.462 e. The fourth-order valence-corrected chi connectivity index (χ4v) is 2.20. The number of nitrogen functional groups attached to an aromatic ring is 1. The zero-order valence-corrected chi connectivity index (χ0v) is 11.0. The van der Waals surface area contributed by atoms with E-state index in [0.29, 0.717) is 11.5 Å². The van der Waals surface area contributed by atoms with E-state index in [4.69, 9.17) is 10.5 Å². The number of hydrogen-bond donors (Lipinski definition) is 2. The van der Waals surface area contributed by atoms with Crippen LogP contribution in [0.15, 0.2) is 0 Å². The number of aromatic nitrogens is 1. The molecule has 1 heterocycles. The number of nitrogens with zero attached hydrogens (tertiary/aromatic N) is 2. The second-order valence-corrected chi connectivity index (χ2v) is 4.45. The van der Waals surface area contributed by atoms with Crippen molar-refractivity contribution in [3.63, 3.8) is 0 Å². The summed E-state index contributed by atoms with van der Waals surface area (Å²) in [4.78, 5) is 13.5. The molecule has 0 fully saturated rings. The molecular formula is C10H17N3O3S. The van der Waals surface area contributed by atoms with E-state index < -0.39 is 12.1 Å². The van der Waals surface area contributed by atoms with E-state index in [2.05, 4.69) is 4.37 Å². The van der Waals surface area contributed by atoms with Crippen molar-refractivity contribution >= 4 is 28.3 Å². The molecule has 1 aromatic rings. The van der Waals surface area contributed by atoms with Crippen LogP contribution in [-0.4, -0.2) is 41.8 Å². The van der Waals surface area contributed by atoms with Crippen LogP contribution in [0.4, 0.5) is 10.8 Å². The van der Waals surface area contributed by atoms with Crippen LogP contribution in [0.3, 0.4) is 0 Å². The molecule has 1 rings (SSSR count). The number of ether oxygens (including phenoxy) is 1. The van der Waals surface area contributed by atoms with Gasteiger partial charge in [-0.2, -0.15) is 4.37 Å². The number of anilines is 2. The number of aliphatic hydroxyl groups is 1. The molecule has 17 heavy (non-hydrogen) atoms. The summed E-state index contributed by atoms with van der Waals surface area (Å²) >= 11 is 1.12. The molecule has 6 nitrogen and oxygen atoms in total. The standard InChI is InChI=1S/C10H17N3O3S/c1-4-16-10(15)7-8(11)12-17-9(7)13(3)5-6(2)14/h6,14H,4-5H2,1-3H3,(H2,11,12). The molecule has 0 aliphatic heterocycles. The summed E-state index contributed by atoms with van der Waals surface area (Å²) in [6.07, 6.45) is -0.502. The highest BCUT2D eigenvalue weighted by atomic mass is 32.1. The Bertz CT molecular complexity index is 392. The molecule has 1 atom stereocenters. The van der Waals surface area contributed by atoms with Crippen LogP contribution < -0.4 is 10.6 Å². The van der Waals surface area contributed by atoms with Gasteiger partial charge in [-0.15, -0.1) is 0 Å². The first-order valence-corrected chi connectivity index (χ1v) is 6.06. The van der Waals surface area contributed by atoms with Crippen LogP contribution in [0, 0.1) is 0 Å². The molecule has 0 amide bonds. The van der Waals surface area contributed by atoms with Gasteiger partial charge >= 0.3 is 5.97 Å². The molecule has 0 spiro atoms. The number of carbonyl (C=O) groups is 1. The Morgan fingerprint density at radius 2 is 2.35 bits per heavy atom. The fraction of sp³-hybridized carbons (Fsp3) is 0.600. The minimum absolute atomic E-state index is 0.167. The van der Waals surface area contributed by atoms with E-state index in [0.717, 1.165) is 11.5 Å². The smallest absolute Gasteiger partial charge is 0.345 e. The van der Waals surface area contributed by atoms with Gasteiger partial charge in [0, 0.05) is 13.6 Å². The second-order valence-electron chi connectivity index (χ2n) is 3.70. The topological polar surface area (TPSA) is 88.7 Å². The van der Waals surface area contributed by atoms with E-state index in [1.165, 1.54) is 0 Å². The maximum atomic E-state index is 11.7. The van der Waals surface area contributed by atoms with Crippen LogP contribution in [0.1, 0.15) is 24.2 Å². The van der Waals surface area contributed by atoms with Crippen molar-refractivity contribution in [2.45, 2.75) is 20.0 Å². The number of rotatable bonds is 5. The van der Waals surface area contributed by atoms with E-state index in [9.17, 15) is 9.90 Å². The Kier molecular flexibility index (Phi) is 4.71. The van der Waals surface area contributed by atoms with Crippen molar-refractivity contribution < 1.29 is 14.6 Å². The van der Waals surface area contributed by atoms with Crippen LogP contribution in [0.2, 0.25) is 0 Å². The summed E-state index contributed by atoms with van der Waals surface area (Å²) in [5, 5.41) is 9.93. The second kappa shape index (κ2) is 5.83. The molecule has 3 N–H and O–H groups in total. The summed E-state index contributed by atoms with van der Waals surface area (Å²) in [6, 6.07) is 0. The van der Waals surface area contributed by atoms with Crippen LogP contribution >= 0.6 is 11.5 Å². The number of aliphatic hydroxyl groups excluding tert-OH is 1. The summed E-state index contributed by atoms with van der Waals surface area (Å²) < 4.78 is 8.87. The number of likely N-dealkylation sites (N-methyl/N-ethyl adjacent to an activating group) is 1. The van der Waals surface area contributed by atoms with Gasteiger partial charge in [0.15, 0.2) is 5.82 Å². The fourth-order valence-electron chi connectivity index (χ4n) is 1.43. The molecule has 0 aliphatic carbocycles. The van der Waals surface area contributed by atoms with E-state index in [-0.39, 0.29) is 18.0 Å². The average molecular weight is 259 g/mol. The van der Waals surface area contributed by atoms with Gasteiger partial charge in [-0.1, -0.05) is 0 Å². The highest BCUT2D eigenvalue weighted by Crippen LogP contribution is 2.30. The highest BCUT2D eigenvalue weighted by Gasteiger charge is 2.23. The lowest BCUT2D eigenvalue weighted by molar-refractivity contribution is 0.0528. The van der Waals surface area contributed by atoms with Crippen LogP contribution in [0.5, 0.6) is 0 Å². The molecule has 1 unspecified atom stereocenters. The summed E-state index contributed by atoms with van der Waals surface area (Å²) in [5.41, 5.74) is 5.93. The summed E-state index contributed by atoms with van der Waals surface area (Å²) in [7, 11) is 1.77. The molecule has 0 saturated carbocycles. The van der Waals surface area contributed by atoms with Crippen molar-refractivity contribution in [2.75, 3.05) is 30.8 Å². The molecule has 0 radical (unpaired) electrons. The minimum atomic E-state index is -0.502. The zero-order chi connectivity index (χ0) is 13.0. The molecular weight excluding hydrogens is 242 g/mol. The minimum Gasteiger partial charge on any atom is -0.462 e. The summed E-state index contributed by atoms with van der Waals surface area (Å²) in [6.45, 7) is 4.08. The lowest BCUT2D eigenvalue weighted by Crippen LogP contribution is -2.27. The predicted octanol–water partition coefficient (Wildman–Crippen LogP) is 0.719. The maximum Gasteiger partial charge on any atom is 0.345 e. The van der Waals surface area contributed by atoms with Gasteiger partial charge in [0.25, 0.3) is 0 Å². The van der Waals surface area contributed by atoms with Crippen molar-refractivity contribution in [3.05, 3.63) is 5.56 Å². The van der Waals surface area contributed by atoms with Crippen molar-refractivity contribution in [1.82, 2.24) is 4.37 Å². The van der Waals surface area contributed by atoms with Gasteiger partial charge in [0.2, 0.25) is 0 Å². The molecule has 1 aromatic heterocycles. The predicted molar refractivity (Wildman–Crippen MR) is 67.4 cm³/mol. The third-order valence-electron chi connectivity index (χ3n) is 2.06. The summed E-state index contributed by atoms with van der Waals surface area (Å²) in [5.74, 6) is -0.313. The maximum absolute atomic E-state index is 11.7. The van der Waals surface area contributed by atoms with Gasteiger partial charge in [-0.3, -0.25) is 0 Å². The molecule has 96 valence electrons. The normalized spacial score (nSPS) is 12.2. The van der Waals surface area contributed by atoms with Gasteiger partial charge in [-0.05, 0) is 25.4 Å². The first-order valence-electron chi connectivity index (χ1n) is 5.28. The Morgan fingerprint density at radius 1 is 1.71 bits per heavy atom. The van der Waals surface area contributed by atoms with Crippen molar-refractivity contribution in [3.8, 4) is 0 Å². The molecule has 0 aromatic carbocycles. The molecule has 7 heteroatoms. The van der Waals surface area contributed by atoms with Crippen molar-refractivity contribution in [2.24, 2.45) is 0 Å². The van der Waals surface area contributed by atoms with E-state index >= 15 is 0 Å². The Balaban J connectivity index is 2.96. The lowest BCUT2D eigenvalue weighted by Gasteiger charge is -2.19. The van der Waals surface area contributed by atoms with Gasteiger partial charge in [-0.25, -0.2) is 4.79 Å². The van der Waals surface area contributed by atoms with E-state index in [1.54, 1.807) is 25.8 Å². The first kappa shape index (κ1) is 13.7. The number of carbonyl (C=O) groups excluding carboxylic acids is 1. The average Bonchev–Trinajstić information content (AvgIpc) is 2.59. The molecule has 0 aliphatic rings.